The van der Waals surface area contributed by atoms with Gasteiger partial charge in [0.15, 0.2) is 11.0 Å². The Morgan fingerprint density at radius 3 is 2.28 bits per heavy atom. The lowest BCUT2D eigenvalue weighted by Crippen LogP contribution is -2.15. The number of rotatable bonds is 6. The van der Waals surface area contributed by atoms with E-state index in [2.05, 4.69) is 15.5 Å². The Balaban J connectivity index is 1.59. The van der Waals surface area contributed by atoms with Crippen molar-refractivity contribution in [1.82, 2.24) is 14.8 Å². The molecule has 0 saturated carbocycles. The Kier molecular flexibility index (Phi) is 7.06. The summed E-state index contributed by atoms with van der Waals surface area (Å²) in [5, 5.41) is 13.0. The van der Waals surface area contributed by atoms with E-state index in [0.29, 0.717) is 21.7 Å². The fraction of sp³-hybridized carbons (Fsp3) is 0.0870. The summed E-state index contributed by atoms with van der Waals surface area (Å²) in [6, 6.07) is 20.9. The fourth-order valence-electron chi connectivity index (χ4n) is 3.03. The van der Waals surface area contributed by atoms with E-state index in [0.717, 1.165) is 16.8 Å². The number of halogens is 3. The second-order valence-electron chi connectivity index (χ2n) is 6.92. The van der Waals surface area contributed by atoms with E-state index >= 15 is 0 Å². The molecule has 0 saturated heterocycles. The number of benzene rings is 3. The zero-order valence-electron chi connectivity index (χ0n) is 16.8. The van der Waals surface area contributed by atoms with Crippen LogP contribution in [0.3, 0.4) is 0 Å². The van der Waals surface area contributed by atoms with Gasteiger partial charge in [-0.15, -0.1) is 10.2 Å². The van der Waals surface area contributed by atoms with Crippen LogP contribution in [0.4, 0.5) is 5.69 Å². The molecular formula is C23H17Cl3N4OS. The van der Waals surface area contributed by atoms with Gasteiger partial charge in [-0.1, -0.05) is 94.6 Å². The van der Waals surface area contributed by atoms with Gasteiger partial charge >= 0.3 is 0 Å². The van der Waals surface area contributed by atoms with Crippen molar-refractivity contribution in [2.75, 3.05) is 11.1 Å². The second-order valence-corrected chi connectivity index (χ2v) is 9.12. The molecule has 5 nitrogen and oxygen atoms in total. The molecule has 162 valence electrons. The van der Waals surface area contributed by atoms with E-state index < -0.39 is 0 Å². The fourth-order valence-corrected chi connectivity index (χ4v) is 4.69. The number of nitrogens with one attached hydrogen (secondary N) is 1. The summed E-state index contributed by atoms with van der Waals surface area (Å²) >= 11 is 19.5. The van der Waals surface area contributed by atoms with Crippen LogP contribution in [0.15, 0.2) is 71.9 Å². The number of carbonyl (C=O) groups is 1. The van der Waals surface area contributed by atoms with Gasteiger partial charge in [-0.2, -0.15) is 0 Å². The molecule has 0 aliphatic carbocycles. The van der Waals surface area contributed by atoms with Gasteiger partial charge in [-0.3, -0.25) is 9.36 Å². The average Bonchev–Trinajstić information content (AvgIpc) is 3.20. The standard InChI is InChI=1S/C23H17Cl3N4OS/c1-14-7-9-17(10-8-14)30-22(15-5-3-2-4-6-15)28-29-23(30)32-13-20(31)27-21-18(25)11-16(24)12-19(21)26/h2-12H,13H2,1H3,(H,27,31). The lowest BCUT2D eigenvalue weighted by molar-refractivity contribution is -0.113. The molecule has 1 heterocycles. The number of amides is 1. The van der Waals surface area contributed by atoms with Gasteiger partial charge in [-0.25, -0.2) is 0 Å². The van der Waals surface area contributed by atoms with E-state index in [1.165, 1.54) is 23.9 Å². The molecule has 0 fully saturated rings. The van der Waals surface area contributed by atoms with Gasteiger partial charge < -0.3 is 5.32 Å². The molecule has 0 atom stereocenters. The van der Waals surface area contributed by atoms with Crippen LogP contribution in [-0.4, -0.2) is 26.4 Å². The van der Waals surface area contributed by atoms with Gasteiger partial charge in [0.25, 0.3) is 0 Å². The molecule has 4 rings (SSSR count). The van der Waals surface area contributed by atoms with Gasteiger partial charge in [0, 0.05) is 16.3 Å². The SMILES string of the molecule is Cc1ccc(-n2c(SCC(=O)Nc3c(Cl)cc(Cl)cc3Cl)nnc2-c2ccccc2)cc1. The van der Waals surface area contributed by atoms with E-state index in [-0.39, 0.29) is 21.7 Å². The number of anilines is 1. The summed E-state index contributed by atoms with van der Waals surface area (Å²) in [4.78, 5) is 12.6. The first kappa shape index (κ1) is 22.7. The molecule has 0 aliphatic rings. The Morgan fingerprint density at radius 2 is 1.62 bits per heavy atom. The summed E-state index contributed by atoms with van der Waals surface area (Å²) in [6.07, 6.45) is 0. The lowest BCUT2D eigenvalue weighted by Gasteiger charge is -2.12. The van der Waals surface area contributed by atoms with Crippen LogP contribution in [-0.2, 0) is 4.79 Å². The minimum absolute atomic E-state index is 0.0913. The van der Waals surface area contributed by atoms with Crippen molar-refractivity contribution in [2.45, 2.75) is 12.1 Å². The number of carbonyl (C=O) groups excluding carboxylic acids is 1. The van der Waals surface area contributed by atoms with Gasteiger partial charge in [0.05, 0.1) is 21.5 Å². The molecule has 1 N–H and O–H groups in total. The molecule has 3 aromatic carbocycles. The summed E-state index contributed by atoms with van der Waals surface area (Å²) in [7, 11) is 0. The summed E-state index contributed by atoms with van der Waals surface area (Å²) in [5.74, 6) is 0.510. The topological polar surface area (TPSA) is 59.8 Å². The molecule has 0 spiro atoms. The monoisotopic (exact) mass is 502 g/mol. The predicted octanol–water partition coefficient (Wildman–Crippen LogP) is 6.93. The summed E-state index contributed by atoms with van der Waals surface area (Å²) < 4.78 is 1.94. The first-order valence-electron chi connectivity index (χ1n) is 9.57. The molecule has 32 heavy (non-hydrogen) atoms. The largest absolute Gasteiger partial charge is 0.323 e. The van der Waals surface area contributed by atoms with E-state index in [9.17, 15) is 4.79 Å². The van der Waals surface area contributed by atoms with Gasteiger partial charge in [-0.05, 0) is 31.2 Å². The van der Waals surface area contributed by atoms with E-state index in [4.69, 9.17) is 34.8 Å². The van der Waals surface area contributed by atoms with Gasteiger partial charge in [0.2, 0.25) is 5.91 Å². The number of thioether (sulfide) groups is 1. The Bertz CT molecular complexity index is 1240. The maximum atomic E-state index is 12.6. The van der Waals surface area contributed by atoms with Crippen LogP contribution >= 0.6 is 46.6 Å². The molecule has 1 amide bonds. The van der Waals surface area contributed by atoms with Crippen molar-refractivity contribution < 1.29 is 4.79 Å². The normalized spacial score (nSPS) is 10.9. The van der Waals surface area contributed by atoms with Crippen molar-refractivity contribution in [3.8, 4) is 17.1 Å². The molecule has 4 aromatic rings. The zero-order chi connectivity index (χ0) is 22.7. The molecular weight excluding hydrogens is 487 g/mol. The first-order chi connectivity index (χ1) is 15.4. The smallest absolute Gasteiger partial charge is 0.234 e. The predicted molar refractivity (Wildman–Crippen MR) is 132 cm³/mol. The molecule has 0 aliphatic heterocycles. The Labute approximate surface area is 204 Å². The average molecular weight is 504 g/mol. The highest BCUT2D eigenvalue weighted by molar-refractivity contribution is 7.99. The summed E-state index contributed by atoms with van der Waals surface area (Å²) in [6.45, 7) is 2.03. The highest BCUT2D eigenvalue weighted by atomic mass is 35.5. The maximum Gasteiger partial charge on any atom is 0.234 e. The number of hydrogen-bond acceptors (Lipinski definition) is 4. The third kappa shape index (κ3) is 5.10. The Hall–Kier alpha value is -2.51. The minimum atomic E-state index is -0.277. The van der Waals surface area contributed by atoms with Crippen molar-refractivity contribution >= 4 is 58.2 Å². The zero-order valence-corrected chi connectivity index (χ0v) is 19.9. The van der Waals surface area contributed by atoms with E-state index in [1.807, 2.05) is 66.1 Å². The van der Waals surface area contributed by atoms with E-state index in [1.54, 1.807) is 0 Å². The van der Waals surface area contributed by atoms with Crippen molar-refractivity contribution in [3.63, 3.8) is 0 Å². The maximum absolute atomic E-state index is 12.6. The van der Waals surface area contributed by atoms with Crippen LogP contribution in [0.25, 0.3) is 17.1 Å². The third-order valence-corrected chi connectivity index (χ3v) is 6.30. The number of aromatic nitrogens is 3. The molecule has 0 unspecified atom stereocenters. The first-order valence-corrected chi connectivity index (χ1v) is 11.7. The van der Waals surface area contributed by atoms with Crippen LogP contribution < -0.4 is 5.32 Å². The van der Waals surface area contributed by atoms with Crippen molar-refractivity contribution in [2.24, 2.45) is 0 Å². The van der Waals surface area contributed by atoms with Crippen molar-refractivity contribution in [3.05, 3.63) is 87.4 Å². The van der Waals surface area contributed by atoms with Gasteiger partial charge in [0.1, 0.15) is 0 Å². The number of nitrogens with zero attached hydrogens (tertiary/aromatic N) is 3. The van der Waals surface area contributed by atoms with Crippen LogP contribution in [0.1, 0.15) is 5.56 Å². The van der Waals surface area contributed by atoms with Crippen LogP contribution in [0.2, 0.25) is 15.1 Å². The summed E-state index contributed by atoms with van der Waals surface area (Å²) in [5.41, 5.74) is 3.31. The molecule has 9 heteroatoms. The third-order valence-electron chi connectivity index (χ3n) is 4.56. The molecule has 0 radical (unpaired) electrons. The minimum Gasteiger partial charge on any atom is -0.323 e. The molecule has 0 bridgehead atoms. The second kappa shape index (κ2) is 9.96. The van der Waals surface area contributed by atoms with Crippen molar-refractivity contribution in [1.29, 1.82) is 0 Å². The lowest BCUT2D eigenvalue weighted by atomic mass is 10.2. The highest BCUT2D eigenvalue weighted by Crippen LogP contribution is 2.34. The molecule has 1 aromatic heterocycles. The van der Waals surface area contributed by atoms with Crippen LogP contribution in [0, 0.1) is 6.92 Å². The quantitative estimate of drug-likeness (QED) is 0.290. The highest BCUT2D eigenvalue weighted by Gasteiger charge is 2.18. The Morgan fingerprint density at radius 1 is 0.969 bits per heavy atom. The number of hydrogen-bond donors (Lipinski definition) is 1. The van der Waals surface area contributed by atoms with Crippen LogP contribution in [0.5, 0.6) is 0 Å². The number of aryl methyl sites for hydroxylation is 1.